The predicted octanol–water partition coefficient (Wildman–Crippen LogP) is 3.12. The number of rotatable bonds is 4. The number of nitrogens with one attached hydrogen (secondary N) is 1. The van der Waals surface area contributed by atoms with Gasteiger partial charge in [0.15, 0.2) is 0 Å². The third kappa shape index (κ3) is 4.15. The molecule has 7 nitrogen and oxygen atoms in total. The summed E-state index contributed by atoms with van der Waals surface area (Å²) in [5.74, 6) is -0.571. The summed E-state index contributed by atoms with van der Waals surface area (Å²) < 4.78 is 32.7. The van der Waals surface area contributed by atoms with Gasteiger partial charge in [-0.05, 0) is 42.5 Å². The van der Waals surface area contributed by atoms with Crippen LogP contribution in [0.3, 0.4) is 0 Å². The zero-order valence-electron chi connectivity index (χ0n) is 15.6. The fraction of sp³-hybridized carbons (Fsp3) is 0.263. The number of sulfonamides is 1. The van der Waals surface area contributed by atoms with E-state index >= 15 is 0 Å². The number of carbonyl (C=O) groups is 2. The van der Waals surface area contributed by atoms with E-state index < -0.39 is 16.0 Å². The van der Waals surface area contributed by atoms with Gasteiger partial charge >= 0.3 is 5.97 Å². The Morgan fingerprint density at radius 2 is 1.86 bits per heavy atom. The molecular formula is C19H20N2O5S2. The summed E-state index contributed by atoms with van der Waals surface area (Å²) >= 11 is 1.54. The van der Waals surface area contributed by atoms with E-state index in [1.54, 1.807) is 17.0 Å². The molecule has 1 aliphatic heterocycles. The molecule has 2 aromatic carbocycles. The van der Waals surface area contributed by atoms with E-state index in [4.69, 9.17) is 0 Å². The molecule has 28 heavy (non-hydrogen) atoms. The van der Waals surface area contributed by atoms with E-state index in [0.717, 1.165) is 10.6 Å². The highest BCUT2D eigenvalue weighted by Gasteiger charge is 2.27. The molecule has 3 rings (SSSR count). The van der Waals surface area contributed by atoms with Crippen molar-refractivity contribution in [1.82, 2.24) is 0 Å². The van der Waals surface area contributed by atoms with E-state index in [0.29, 0.717) is 17.8 Å². The Morgan fingerprint density at radius 3 is 2.46 bits per heavy atom. The number of esters is 1. The van der Waals surface area contributed by atoms with Gasteiger partial charge in [-0.2, -0.15) is 0 Å². The Kier molecular flexibility index (Phi) is 5.66. The number of amides is 1. The second-order valence-electron chi connectivity index (χ2n) is 6.36. The molecule has 1 aliphatic rings. The summed E-state index contributed by atoms with van der Waals surface area (Å²) in [6.07, 6.45) is 0. The summed E-state index contributed by atoms with van der Waals surface area (Å²) in [7, 11) is -2.54. The Labute approximate surface area is 168 Å². The van der Waals surface area contributed by atoms with Gasteiger partial charge in [-0.15, -0.1) is 11.8 Å². The smallest absolute Gasteiger partial charge is 0.337 e. The molecule has 1 N–H and O–H groups in total. The second-order valence-corrected chi connectivity index (χ2v) is 9.52. The van der Waals surface area contributed by atoms with Crippen LogP contribution in [0.25, 0.3) is 0 Å². The summed E-state index contributed by atoms with van der Waals surface area (Å²) in [6, 6.07) is 10.7. The van der Waals surface area contributed by atoms with Gasteiger partial charge in [0.1, 0.15) is 0 Å². The lowest BCUT2D eigenvalue weighted by molar-refractivity contribution is -0.116. The minimum atomic E-state index is -3.82. The molecule has 0 fully saturated rings. The first-order chi connectivity index (χ1) is 13.2. The highest BCUT2D eigenvalue weighted by molar-refractivity contribution is 8.00. The molecule has 0 aliphatic carbocycles. The molecule has 1 unspecified atom stereocenters. The van der Waals surface area contributed by atoms with Crippen molar-refractivity contribution in [2.45, 2.75) is 28.9 Å². The van der Waals surface area contributed by atoms with Crippen molar-refractivity contribution < 1.29 is 22.7 Å². The molecule has 2 aromatic rings. The molecule has 0 aromatic heterocycles. The number of ether oxygens (including phenoxy) is 1. The highest BCUT2D eigenvalue weighted by atomic mass is 32.2. The van der Waals surface area contributed by atoms with Crippen molar-refractivity contribution in [3.8, 4) is 0 Å². The van der Waals surface area contributed by atoms with Crippen LogP contribution in [0.4, 0.5) is 11.4 Å². The largest absolute Gasteiger partial charge is 0.465 e. The maximum atomic E-state index is 12.8. The number of nitrogens with zero attached hydrogens (tertiary/aromatic N) is 1. The Hall–Kier alpha value is -2.52. The third-order valence-corrected chi connectivity index (χ3v) is 6.75. The van der Waals surface area contributed by atoms with Gasteiger partial charge in [-0.25, -0.2) is 13.2 Å². The lowest BCUT2D eigenvalue weighted by Gasteiger charge is -2.32. The van der Waals surface area contributed by atoms with Gasteiger partial charge in [0, 0.05) is 29.3 Å². The monoisotopic (exact) mass is 420 g/mol. The zero-order valence-corrected chi connectivity index (χ0v) is 17.3. The first-order valence-electron chi connectivity index (χ1n) is 8.51. The fourth-order valence-electron chi connectivity index (χ4n) is 2.89. The van der Waals surface area contributed by atoms with Crippen LogP contribution in [-0.2, 0) is 19.6 Å². The molecule has 0 bridgehead atoms. The van der Waals surface area contributed by atoms with Gasteiger partial charge in [0.2, 0.25) is 5.91 Å². The maximum Gasteiger partial charge on any atom is 0.337 e. The van der Waals surface area contributed by atoms with Gasteiger partial charge in [0.25, 0.3) is 10.0 Å². The van der Waals surface area contributed by atoms with Crippen molar-refractivity contribution in [2.24, 2.45) is 0 Å². The topological polar surface area (TPSA) is 92.8 Å². The molecule has 1 heterocycles. The standard InChI is InChI=1S/C19H20N2O5S2/c1-12-11-21(13(2)22)17-9-8-16(10-18(17)27-12)28(24,25)20-15-6-4-14(5-7-15)19(23)26-3/h4-10,12,20H,11H2,1-3H3. The summed E-state index contributed by atoms with van der Waals surface area (Å²) in [5, 5.41) is 0.160. The van der Waals surface area contributed by atoms with Crippen LogP contribution in [0.1, 0.15) is 24.2 Å². The van der Waals surface area contributed by atoms with Gasteiger partial charge < -0.3 is 9.64 Å². The van der Waals surface area contributed by atoms with Crippen molar-refractivity contribution in [3.63, 3.8) is 0 Å². The number of carbonyl (C=O) groups excluding carboxylic acids is 2. The normalized spacial score (nSPS) is 16.2. The second kappa shape index (κ2) is 7.84. The van der Waals surface area contributed by atoms with Crippen molar-refractivity contribution in [1.29, 1.82) is 0 Å². The summed E-state index contributed by atoms with van der Waals surface area (Å²) in [4.78, 5) is 25.9. The SMILES string of the molecule is COC(=O)c1ccc(NS(=O)(=O)c2ccc3c(c2)SC(C)CN3C(C)=O)cc1. The van der Waals surface area contributed by atoms with Crippen LogP contribution >= 0.6 is 11.8 Å². The minimum absolute atomic E-state index is 0.0761. The summed E-state index contributed by atoms with van der Waals surface area (Å²) in [5.41, 5.74) is 1.38. The lowest BCUT2D eigenvalue weighted by atomic mass is 10.2. The Balaban J connectivity index is 1.87. The predicted molar refractivity (Wildman–Crippen MR) is 108 cm³/mol. The number of fused-ring (bicyclic) bond motifs is 1. The van der Waals surface area contributed by atoms with E-state index in [-0.39, 0.29) is 16.1 Å². The Morgan fingerprint density at radius 1 is 1.18 bits per heavy atom. The molecule has 0 spiro atoms. The first kappa shape index (κ1) is 20.2. The van der Waals surface area contributed by atoms with Crippen LogP contribution in [0.5, 0.6) is 0 Å². The fourth-order valence-corrected chi connectivity index (χ4v) is 5.20. The van der Waals surface area contributed by atoms with Crippen molar-refractivity contribution in [3.05, 3.63) is 48.0 Å². The molecule has 1 amide bonds. The first-order valence-corrected chi connectivity index (χ1v) is 10.9. The molecule has 0 saturated heterocycles. The highest BCUT2D eigenvalue weighted by Crippen LogP contribution is 2.39. The third-order valence-electron chi connectivity index (χ3n) is 4.24. The number of methoxy groups -OCH3 is 1. The Bertz CT molecular complexity index is 1020. The van der Waals surface area contributed by atoms with Crippen molar-refractivity contribution >= 4 is 45.0 Å². The molecule has 9 heteroatoms. The minimum Gasteiger partial charge on any atom is -0.465 e. The van der Waals surface area contributed by atoms with Crippen LogP contribution in [-0.4, -0.2) is 39.2 Å². The number of thioether (sulfide) groups is 1. The maximum absolute atomic E-state index is 12.8. The van der Waals surface area contributed by atoms with Crippen LogP contribution < -0.4 is 9.62 Å². The molecule has 0 saturated carbocycles. The lowest BCUT2D eigenvalue weighted by Crippen LogP contribution is -2.37. The van der Waals surface area contributed by atoms with E-state index in [1.807, 2.05) is 6.92 Å². The van der Waals surface area contributed by atoms with Crippen LogP contribution in [0.15, 0.2) is 52.3 Å². The van der Waals surface area contributed by atoms with E-state index in [2.05, 4.69) is 9.46 Å². The van der Waals surface area contributed by atoms with Crippen LogP contribution in [0, 0.1) is 0 Å². The molecule has 0 radical (unpaired) electrons. The summed E-state index contributed by atoms with van der Waals surface area (Å²) in [6.45, 7) is 4.08. The van der Waals surface area contributed by atoms with E-state index in [1.165, 1.54) is 56.1 Å². The number of benzene rings is 2. The number of hydrogen-bond donors (Lipinski definition) is 1. The number of anilines is 2. The number of hydrogen-bond acceptors (Lipinski definition) is 6. The average Bonchev–Trinajstić information content (AvgIpc) is 2.66. The molecule has 1 atom stereocenters. The zero-order chi connectivity index (χ0) is 20.5. The van der Waals surface area contributed by atoms with Gasteiger partial charge in [-0.1, -0.05) is 6.92 Å². The molecular weight excluding hydrogens is 400 g/mol. The molecule has 148 valence electrons. The van der Waals surface area contributed by atoms with E-state index in [9.17, 15) is 18.0 Å². The van der Waals surface area contributed by atoms with Crippen LogP contribution in [0.2, 0.25) is 0 Å². The average molecular weight is 421 g/mol. The quantitative estimate of drug-likeness (QED) is 0.764. The van der Waals surface area contributed by atoms with Crippen molar-refractivity contribution in [2.75, 3.05) is 23.3 Å². The van der Waals surface area contributed by atoms with Gasteiger partial charge in [0.05, 0.1) is 23.3 Å². The van der Waals surface area contributed by atoms with Gasteiger partial charge in [-0.3, -0.25) is 9.52 Å².